The quantitative estimate of drug-likeness (QED) is 0.630. The third kappa shape index (κ3) is 7.03. The van der Waals surface area contributed by atoms with E-state index >= 15 is 0 Å². The molecule has 1 aliphatic carbocycles. The molecule has 0 aromatic carbocycles. The lowest BCUT2D eigenvalue weighted by molar-refractivity contribution is -0.136. The van der Waals surface area contributed by atoms with Gasteiger partial charge in [-0.05, 0) is 12.8 Å². The number of aliphatic carboxylic acids is 1. The largest absolute Gasteiger partial charge is 0.481 e. The predicted octanol–water partition coefficient (Wildman–Crippen LogP) is 1.61. The van der Waals surface area contributed by atoms with Crippen LogP contribution in [0.15, 0.2) is 0 Å². The van der Waals surface area contributed by atoms with Gasteiger partial charge >= 0.3 is 5.97 Å². The average Bonchev–Trinajstić information content (AvgIpc) is 2.41. The second-order valence-electron chi connectivity index (χ2n) is 2.49. The summed E-state index contributed by atoms with van der Waals surface area (Å²) in [5, 5.41) is 7.72. The van der Waals surface area contributed by atoms with Crippen LogP contribution in [0.5, 0.6) is 0 Å². The van der Waals surface area contributed by atoms with Crippen molar-refractivity contribution in [3.05, 3.63) is 0 Å². The number of carboxylic acids is 1. The normalized spacial score (nSPS) is 15.5. The summed E-state index contributed by atoms with van der Waals surface area (Å²) in [7, 11) is 0. The Morgan fingerprint density at radius 1 is 1.45 bits per heavy atom. The Balaban J connectivity index is 0.000000187. The molecule has 1 aliphatic rings. The van der Waals surface area contributed by atoms with E-state index in [2.05, 4.69) is 0 Å². The predicted molar refractivity (Wildman–Crippen MR) is 41.4 cm³/mol. The maximum absolute atomic E-state index is 10.2. The van der Waals surface area contributed by atoms with Crippen LogP contribution in [0.4, 0.5) is 0 Å². The van der Waals surface area contributed by atoms with Crippen LogP contribution in [0, 0.1) is 0 Å². The Kier molecular flexibility index (Phi) is 5.43. The summed E-state index contributed by atoms with van der Waals surface area (Å²) < 4.78 is 0. The standard InChI is InChI=1S/C5H8O.C3H6O2/c6-5-3-1-2-4-5;1-2-3(4)5/h1-4H2;2H2,1H3,(H,4,5). The van der Waals surface area contributed by atoms with Gasteiger partial charge in [-0.25, -0.2) is 0 Å². The molecule has 0 heterocycles. The van der Waals surface area contributed by atoms with E-state index in [0.717, 1.165) is 25.7 Å². The van der Waals surface area contributed by atoms with E-state index in [1.807, 2.05) is 0 Å². The van der Waals surface area contributed by atoms with Gasteiger partial charge < -0.3 is 5.11 Å². The van der Waals surface area contributed by atoms with Crippen molar-refractivity contribution < 1.29 is 14.7 Å². The molecule has 64 valence electrons. The van der Waals surface area contributed by atoms with Gasteiger partial charge in [-0.15, -0.1) is 0 Å². The van der Waals surface area contributed by atoms with E-state index in [-0.39, 0.29) is 6.42 Å². The van der Waals surface area contributed by atoms with Gasteiger partial charge in [0.15, 0.2) is 0 Å². The van der Waals surface area contributed by atoms with Gasteiger partial charge in [0.25, 0.3) is 0 Å². The topological polar surface area (TPSA) is 54.4 Å². The zero-order valence-electron chi connectivity index (χ0n) is 6.80. The zero-order valence-corrected chi connectivity index (χ0v) is 6.80. The van der Waals surface area contributed by atoms with E-state index in [0.29, 0.717) is 5.78 Å². The number of carbonyl (C=O) groups excluding carboxylic acids is 1. The molecule has 0 aliphatic heterocycles. The molecule has 0 spiro atoms. The molecule has 0 radical (unpaired) electrons. The Labute approximate surface area is 66.4 Å². The number of hydrogen-bond acceptors (Lipinski definition) is 2. The summed E-state index contributed by atoms with van der Waals surface area (Å²) in [6.45, 7) is 1.60. The first-order valence-electron chi connectivity index (χ1n) is 3.90. The van der Waals surface area contributed by atoms with Crippen molar-refractivity contribution in [3.8, 4) is 0 Å². The van der Waals surface area contributed by atoms with Crippen molar-refractivity contribution >= 4 is 11.8 Å². The van der Waals surface area contributed by atoms with Crippen LogP contribution in [0.1, 0.15) is 39.0 Å². The molecule has 1 saturated carbocycles. The fraction of sp³-hybridized carbons (Fsp3) is 0.750. The molecule has 11 heavy (non-hydrogen) atoms. The van der Waals surface area contributed by atoms with Crippen molar-refractivity contribution in [1.29, 1.82) is 0 Å². The number of carboxylic acid groups (broad SMARTS) is 1. The first-order valence-corrected chi connectivity index (χ1v) is 3.90. The highest BCUT2D eigenvalue weighted by atomic mass is 16.4. The number of rotatable bonds is 1. The minimum Gasteiger partial charge on any atom is -0.481 e. The molecule has 0 saturated heterocycles. The van der Waals surface area contributed by atoms with E-state index in [1.54, 1.807) is 6.92 Å². The van der Waals surface area contributed by atoms with Gasteiger partial charge in [0.2, 0.25) is 0 Å². The van der Waals surface area contributed by atoms with E-state index in [1.165, 1.54) is 0 Å². The van der Waals surface area contributed by atoms with Crippen LogP contribution in [-0.2, 0) is 9.59 Å². The fourth-order valence-corrected chi connectivity index (χ4v) is 0.769. The highest BCUT2D eigenvalue weighted by Crippen LogP contribution is 2.11. The smallest absolute Gasteiger partial charge is 0.303 e. The molecule has 3 heteroatoms. The molecule has 1 rings (SSSR count). The maximum Gasteiger partial charge on any atom is 0.303 e. The summed E-state index contributed by atoms with van der Waals surface area (Å²) in [6.07, 6.45) is 4.19. The molecule has 0 unspecified atom stereocenters. The lowest BCUT2D eigenvalue weighted by atomic mass is 10.4. The third-order valence-electron chi connectivity index (χ3n) is 1.46. The van der Waals surface area contributed by atoms with Crippen LogP contribution >= 0.6 is 0 Å². The van der Waals surface area contributed by atoms with Gasteiger partial charge in [0, 0.05) is 19.3 Å². The molecule has 3 nitrogen and oxygen atoms in total. The van der Waals surface area contributed by atoms with E-state index < -0.39 is 5.97 Å². The minimum absolute atomic E-state index is 0.222. The highest BCUT2D eigenvalue weighted by molar-refractivity contribution is 5.80. The van der Waals surface area contributed by atoms with Gasteiger partial charge in [-0.3, -0.25) is 9.59 Å². The minimum atomic E-state index is -0.745. The second-order valence-corrected chi connectivity index (χ2v) is 2.49. The van der Waals surface area contributed by atoms with Gasteiger partial charge in [-0.2, -0.15) is 0 Å². The molecule has 0 aromatic heterocycles. The Morgan fingerprint density at radius 2 is 1.82 bits per heavy atom. The Morgan fingerprint density at radius 3 is 1.91 bits per heavy atom. The SMILES string of the molecule is CCC(=O)O.O=C1CCCC1. The van der Waals surface area contributed by atoms with Crippen LogP contribution in [-0.4, -0.2) is 16.9 Å². The number of hydrogen-bond donors (Lipinski definition) is 1. The number of ketones is 1. The Bertz CT molecular complexity index is 132. The molecule has 0 atom stereocenters. The van der Waals surface area contributed by atoms with Crippen LogP contribution in [0.3, 0.4) is 0 Å². The van der Waals surface area contributed by atoms with E-state index in [4.69, 9.17) is 5.11 Å². The third-order valence-corrected chi connectivity index (χ3v) is 1.46. The van der Waals surface area contributed by atoms with Gasteiger partial charge in [-0.1, -0.05) is 6.92 Å². The molecular weight excluding hydrogens is 144 g/mol. The molecule has 0 bridgehead atoms. The van der Waals surface area contributed by atoms with E-state index in [9.17, 15) is 9.59 Å². The zero-order chi connectivity index (χ0) is 8.69. The van der Waals surface area contributed by atoms with Gasteiger partial charge in [0.05, 0.1) is 0 Å². The summed E-state index contributed by atoms with van der Waals surface area (Å²) in [5.74, 6) is -0.292. The van der Waals surface area contributed by atoms with Crippen molar-refractivity contribution in [1.82, 2.24) is 0 Å². The van der Waals surface area contributed by atoms with Crippen molar-refractivity contribution in [3.63, 3.8) is 0 Å². The molecule has 1 N–H and O–H groups in total. The first kappa shape index (κ1) is 10.1. The monoisotopic (exact) mass is 158 g/mol. The summed E-state index contributed by atoms with van der Waals surface area (Å²) in [6, 6.07) is 0. The lowest BCUT2D eigenvalue weighted by Crippen LogP contribution is -1.86. The van der Waals surface area contributed by atoms with Crippen LogP contribution < -0.4 is 0 Å². The van der Waals surface area contributed by atoms with Crippen LogP contribution in [0.25, 0.3) is 0 Å². The number of carbonyl (C=O) groups is 2. The van der Waals surface area contributed by atoms with Gasteiger partial charge in [0.1, 0.15) is 5.78 Å². The summed E-state index contributed by atoms with van der Waals surface area (Å²) in [5.41, 5.74) is 0. The van der Waals surface area contributed by atoms with Crippen molar-refractivity contribution in [2.45, 2.75) is 39.0 Å². The van der Waals surface area contributed by atoms with Crippen LogP contribution in [0.2, 0.25) is 0 Å². The average molecular weight is 158 g/mol. The number of Topliss-reactive ketones (excluding diaryl/α,β-unsaturated/α-hetero) is 1. The molecular formula is C8H14O3. The maximum atomic E-state index is 10.2. The highest BCUT2D eigenvalue weighted by Gasteiger charge is 2.07. The molecule has 0 amide bonds. The molecule has 0 aromatic rings. The van der Waals surface area contributed by atoms with Crippen molar-refractivity contribution in [2.24, 2.45) is 0 Å². The summed E-state index contributed by atoms with van der Waals surface area (Å²) >= 11 is 0. The second kappa shape index (κ2) is 5.89. The first-order chi connectivity index (χ1) is 5.16. The summed E-state index contributed by atoms with van der Waals surface area (Å²) in [4.78, 5) is 19.6. The molecule has 1 fully saturated rings. The van der Waals surface area contributed by atoms with Crippen molar-refractivity contribution in [2.75, 3.05) is 0 Å². The lowest BCUT2D eigenvalue weighted by Gasteiger charge is -1.71. The fourth-order valence-electron chi connectivity index (χ4n) is 0.769. The Hall–Kier alpha value is -0.860.